The van der Waals surface area contributed by atoms with E-state index in [1.165, 1.54) is 0 Å². The third-order valence-corrected chi connectivity index (χ3v) is 1.62. The summed E-state index contributed by atoms with van der Waals surface area (Å²) < 4.78 is 10.4. The molecular weight excluding hydrogens is 164 g/mol. The molecule has 1 aromatic carbocycles. The summed E-state index contributed by atoms with van der Waals surface area (Å²) in [5.74, 6) is 1.57. The summed E-state index contributed by atoms with van der Waals surface area (Å²) in [7, 11) is 1.65. The van der Waals surface area contributed by atoms with Gasteiger partial charge >= 0.3 is 0 Å². The Morgan fingerprint density at radius 1 is 1.46 bits per heavy atom. The molecular formula is C11H14O2. The van der Waals surface area contributed by atoms with Crippen molar-refractivity contribution in [1.29, 1.82) is 0 Å². The van der Waals surface area contributed by atoms with Crippen LogP contribution in [0.15, 0.2) is 36.6 Å². The van der Waals surface area contributed by atoms with E-state index in [1.54, 1.807) is 7.11 Å². The standard InChI is InChI=1S/C11H14O2/c1-9(2)13-8-10-5-4-6-11(7-10)12-3/h4-7H,1,8H2,2-3H3. The smallest absolute Gasteiger partial charge is 0.119 e. The first kappa shape index (κ1) is 9.65. The molecule has 0 unspecified atom stereocenters. The quantitative estimate of drug-likeness (QED) is 0.660. The largest absolute Gasteiger partial charge is 0.497 e. The van der Waals surface area contributed by atoms with Crippen LogP contribution in [0.25, 0.3) is 0 Å². The summed E-state index contributed by atoms with van der Waals surface area (Å²) >= 11 is 0. The Labute approximate surface area is 78.8 Å². The molecule has 70 valence electrons. The van der Waals surface area contributed by atoms with E-state index in [-0.39, 0.29) is 0 Å². The van der Waals surface area contributed by atoms with Crippen molar-refractivity contribution in [2.45, 2.75) is 13.5 Å². The fraction of sp³-hybridized carbons (Fsp3) is 0.273. The molecule has 1 rings (SSSR count). The zero-order chi connectivity index (χ0) is 9.68. The van der Waals surface area contributed by atoms with E-state index >= 15 is 0 Å². The van der Waals surface area contributed by atoms with E-state index in [2.05, 4.69) is 6.58 Å². The maximum absolute atomic E-state index is 5.28. The minimum Gasteiger partial charge on any atom is -0.497 e. The molecule has 0 N–H and O–H groups in total. The lowest BCUT2D eigenvalue weighted by Crippen LogP contribution is -1.91. The second-order valence-electron chi connectivity index (χ2n) is 2.84. The van der Waals surface area contributed by atoms with E-state index in [4.69, 9.17) is 9.47 Å². The van der Waals surface area contributed by atoms with Crippen LogP contribution in [-0.4, -0.2) is 7.11 Å². The highest BCUT2D eigenvalue weighted by Crippen LogP contribution is 2.13. The average molecular weight is 178 g/mol. The van der Waals surface area contributed by atoms with Crippen LogP contribution in [0.2, 0.25) is 0 Å². The van der Waals surface area contributed by atoms with Gasteiger partial charge in [-0.05, 0) is 24.6 Å². The van der Waals surface area contributed by atoms with Crippen LogP contribution in [0, 0.1) is 0 Å². The van der Waals surface area contributed by atoms with E-state index in [0.29, 0.717) is 6.61 Å². The summed E-state index contributed by atoms with van der Waals surface area (Å²) in [6, 6.07) is 7.79. The Balaban J connectivity index is 2.61. The van der Waals surface area contributed by atoms with Crippen molar-refractivity contribution in [2.24, 2.45) is 0 Å². The maximum atomic E-state index is 5.28. The highest BCUT2D eigenvalue weighted by molar-refractivity contribution is 5.27. The highest BCUT2D eigenvalue weighted by atomic mass is 16.5. The van der Waals surface area contributed by atoms with E-state index in [9.17, 15) is 0 Å². The van der Waals surface area contributed by atoms with Crippen molar-refractivity contribution in [3.05, 3.63) is 42.2 Å². The van der Waals surface area contributed by atoms with Crippen LogP contribution in [-0.2, 0) is 11.3 Å². The Hall–Kier alpha value is -1.44. The highest BCUT2D eigenvalue weighted by Gasteiger charge is 1.95. The van der Waals surface area contributed by atoms with Crippen LogP contribution in [0.5, 0.6) is 5.75 Å². The molecule has 2 heteroatoms. The van der Waals surface area contributed by atoms with Gasteiger partial charge in [0.25, 0.3) is 0 Å². The van der Waals surface area contributed by atoms with Crippen LogP contribution in [0.1, 0.15) is 12.5 Å². The molecule has 0 saturated heterocycles. The van der Waals surface area contributed by atoms with Crippen LogP contribution in [0.4, 0.5) is 0 Å². The summed E-state index contributed by atoms with van der Waals surface area (Å²) in [5.41, 5.74) is 1.09. The van der Waals surface area contributed by atoms with Crippen LogP contribution < -0.4 is 4.74 Å². The van der Waals surface area contributed by atoms with Gasteiger partial charge in [0.15, 0.2) is 0 Å². The van der Waals surface area contributed by atoms with Crippen molar-refractivity contribution in [3.8, 4) is 5.75 Å². The molecule has 0 aromatic heterocycles. The Kier molecular flexibility index (Phi) is 3.38. The molecule has 0 aliphatic rings. The predicted octanol–water partition coefficient (Wildman–Crippen LogP) is 2.75. The maximum Gasteiger partial charge on any atom is 0.119 e. The zero-order valence-corrected chi connectivity index (χ0v) is 8.04. The number of methoxy groups -OCH3 is 1. The second-order valence-corrected chi connectivity index (χ2v) is 2.84. The van der Waals surface area contributed by atoms with Crippen LogP contribution >= 0.6 is 0 Å². The van der Waals surface area contributed by atoms with Gasteiger partial charge < -0.3 is 9.47 Å². The fourth-order valence-electron chi connectivity index (χ4n) is 0.969. The molecule has 0 atom stereocenters. The molecule has 0 aliphatic carbocycles. The molecule has 2 nitrogen and oxygen atoms in total. The van der Waals surface area contributed by atoms with Gasteiger partial charge in [-0.3, -0.25) is 0 Å². The number of benzene rings is 1. The minimum atomic E-state index is 0.548. The molecule has 0 bridgehead atoms. The lowest BCUT2D eigenvalue weighted by molar-refractivity contribution is 0.202. The predicted molar refractivity (Wildman–Crippen MR) is 52.6 cm³/mol. The minimum absolute atomic E-state index is 0.548. The van der Waals surface area contributed by atoms with E-state index < -0.39 is 0 Å². The molecule has 0 radical (unpaired) electrons. The molecule has 0 spiro atoms. The topological polar surface area (TPSA) is 18.5 Å². The first-order chi connectivity index (χ1) is 6.22. The van der Waals surface area contributed by atoms with Crippen LogP contribution in [0.3, 0.4) is 0 Å². The fourth-order valence-corrected chi connectivity index (χ4v) is 0.969. The molecule has 13 heavy (non-hydrogen) atoms. The van der Waals surface area contributed by atoms with Crippen molar-refractivity contribution >= 4 is 0 Å². The van der Waals surface area contributed by atoms with Gasteiger partial charge in [0.1, 0.15) is 12.4 Å². The monoisotopic (exact) mass is 178 g/mol. The number of allylic oxidation sites excluding steroid dienone is 1. The molecule has 0 amide bonds. The van der Waals surface area contributed by atoms with E-state index in [1.807, 2.05) is 31.2 Å². The molecule has 0 fully saturated rings. The number of hydrogen-bond acceptors (Lipinski definition) is 2. The van der Waals surface area contributed by atoms with Gasteiger partial charge in [0, 0.05) is 0 Å². The van der Waals surface area contributed by atoms with E-state index in [0.717, 1.165) is 17.1 Å². The average Bonchev–Trinajstić information content (AvgIpc) is 2.15. The number of rotatable bonds is 4. The molecule has 1 aromatic rings. The Bertz CT molecular complexity index is 292. The van der Waals surface area contributed by atoms with Gasteiger partial charge in [-0.15, -0.1) is 0 Å². The van der Waals surface area contributed by atoms with Crippen molar-refractivity contribution in [1.82, 2.24) is 0 Å². The third-order valence-electron chi connectivity index (χ3n) is 1.62. The number of ether oxygens (including phenoxy) is 2. The van der Waals surface area contributed by atoms with Gasteiger partial charge in [-0.2, -0.15) is 0 Å². The lowest BCUT2D eigenvalue weighted by Gasteiger charge is -2.06. The van der Waals surface area contributed by atoms with Crippen molar-refractivity contribution in [2.75, 3.05) is 7.11 Å². The summed E-state index contributed by atoms with van der Waals surface area (Å²) in [6.07, 6.45) is 0. The van der Waals surface area contributed by atoms with Crippen molar-refractivity contribution < 1.29 is 9.47 Å². The molecule has 0 saturated carbocycles. The normalized spacial score (nSPS) is 9.38. The van der Waals surface area contributed by atoms with Gasteiger partial charge in [-0.25, -0.2) is 0 Å². The first-order valence-electron chi connectivity index (χ1n) is 4.13. The Morgan fingerprint density at radius 2 is 2.23 bits per heavy atom. The lowest BCUT2D eigenvalue weighted by atomic mass is 10.2. The second kappa shape index (κ2) is 4.55. The third kappa shape index (κ3) is 3.20. The molecule has 0 aliphatic heterocycles. The first-order valence-corrected chi connectivity index (χ1v) is 4.13. The summed E-state index contributed by atoms with van der Waals surface area (Å²) in [5, 5.41) is 0. The van der Waals surface area contributed by atoms with Gasteiger partial charge in [-0.1, -0.05) is 18.7 Å². The SMILES string of the molecule is C=C(C)OCc1cccc(OC)c1. The van der Waals surface area contributed by atoms with Gasteiger partial charge in [0.2, 0.25) is 0 Å². The number of hydrogen-bond donors (Lipinski definition) is 0. The summed E-state index contributed by atoms with van der Waals surface area (Å²) in [6.45, 7) is 6.04. The zero-order valence-electron chi connectivity index (χ0n) is 8.04. The Morgan fingerprint density at radius 3 is 2.85 bits per heavy atom. The van der Waals surface area contributed by atoms with Crippen molar-refractivity contribution in [3.63, 3.8) is 0 Å². The summed E-state index contributed by atoms with van der Waals surface area (Å²) in [4.78, 5) is 0. The van der Waals surface area contributed by atoms with Gasteiger partial charge in [0.05, 0.1) is 12.9 Å². The molecule has 0 heterocycles.